The smallest absolute Gasteiger partial charge is 0.164 e. The van der Waals surface area contributed by atoms with Crippen LogP contribution in [0.5, 0.6) is 0 Å². The highest BCUT2D eigenvalue weighted by molar-refractivity contribution is 6.09. The van der Waals surface area contributed by atoms with Crippen LogP contribution in [0.1, 0.15) is 0 Å². The summed E-state index contributed by atoms with van der Waals surface area (Å²) in [6.07, 6.45) is 0. The molecule has 46 heavy (non-hydrogen) atoms. The quantitative estimate of drug-likeness (QED) is 0.193. The third kappa shape index (κ3) is 4.58. The van der Waals surface area contributed by atoms with Crippen molar-refractivity contribution in [1.29, 1.82) is 0 Å². The topological polar surface area (TPSA) is 38.7 Å². The zero-order valence-corrected chi connectivity index (χ0v) is 24.9. The van der Waals surface area contributed by atoms with Gasteiger partial charge in [-0.1, -0.05) is 140 Å². The Balaban J connectivity index is 1.26. The molecule has 3 nitrogen and oxygen atoms in total. The third-order valence-electron chi connectivity index (χ3n) is 8.86. The first-order valence-corrected chi connectivity index (χ1v) is 15.5. The number of rotatable bonds is 4. The lowest BCUT2D eigenvalue weighted by atomic mass is 9.94. The minimum Gasteiger partial charge on any atom is -0.208 e. The van der Waals surface area contributed by atoms with Gasteiger partial charge in [-0.3, -0.25) is 0 Å². The monoisotopic (exact) mass is 585 g/mol. The van der Waals surface area contributed by atoms with E-state index >= 15 is 0 Å². The lowest BCUT2D eigenvalue weighted by Crippen LogP contribution is -2.01. The molecule has 0 aliphatic heterocycles. The molecule has 0 bridgehead atoms. The highest BCUT2D eigenvalue weighted by atomic mass is 15.0. The highest BCUT2D eigenvalue weighted by Crippen LogP contribution is 2.36. The van der Waals surface area contributed by atoms with Crippen LogP contribution >= 0.6 is 0 Å². The van der Waals surface area contributed by atoms with Crippen LogP contribution < -0.4 is 0 Å². The zero-order chi connectivity index (χ0) is 30.5. The molecule has 0 atom stereocenters. The molecule has 0 N–H and O–H groups in total. The van der Waals surface area contributed by atoms with Crippen molar-refractivity contribution in [2.75, 3.05) is 0 Å². The summed E-state index contributed by atoms with van der Waals surface area (Å²) in [7, 11) is 0. The highest BCUT2D eigenvalue weighted by Gasteiger charge is 2.16. The number of aromatic nitrogens is 3. The molecular weight excluding hydrogens is 558 g/mol. The maximum atomic E-state index is 5.15. The van der Waals surface area contributed by atoms with Crippen molar-refractivity contribution in [2.24, 2.45) is 0 Å². The van der Waals surface area contributed by atoms with Crippen LogP contribution in [-0.4, -0.2) is 15.0 Å². The van der Waals surface area contributed by atoms with Gasteiger partial charge >= 0.3 is 0 Å². The Morgan fingerprint density at radius 1 is 0.261 bits per heavy atom. The van der Waals surface area contributed by atoms with Gasteiger partial charge in [0.05, 0.1) is 0 Å². The van der Waals surface area contributed by atoms with E-state index in [4.69, 9.17) is 15.0 Å². The lowest BCUT2D eigenvalue weighted by molar-refractivity contribution is 1.08. The molecule has 0 aliphatic rings. The average Bonchev–Trinajstić information content (AvgIpc) is 3.14. The van der Waals surface area contributed by atoms with Crippen molar-refractivity contribution in [3.63, 3.8) is 0 Å². The van der Waals surface area contributed by atoms with E-state index in [-0.39, 0.29) is 0 Å². The summed E-state index contributed by atoms with van der Waals surface area (Å²) in [6.45, 7) is 0. The average molecular weight is 586 g/mol. The van der Waals surface area contributed by atoms with Crippen LogP contribution in [0.25, 0.3) is 88.4 Å². The number of hydrogen-bond acceptors (Lipinski definition) is 3. The maximum Gasteiger partial charge on any atom is 0.164 e. The second-order valence-electron chi connectivity index (χ2n) is 11.7. The molecular formula is C43H27N3. The molecule has 0 unspecified atom stereocenters. The van der Waals surface area contributed by atoms with E-state index in [1.54, 1.807) is 0 Å². The van der Waals surface area contributed by atoms with E-state index in [2.05, 4.69) is 146 Å². The van der Waals surface area contributed by atoms with Gasteiger partial charge in [0.2, 0.25) is 0 Å². The molecule has 0 spiro atoms. The van der Waals surface area contributed by atoms with E-state index in [0.29, 0.717) is 17.5 Å². The summed E-state index contributed by atoms with van der Waals surface area (Å²) in [5.41, 5.74) is 5.17. The summed E-state index contributed by atoms with van der Waals surface area (Å²) in [6, 6.07) is 57.7. The number of benzene rings is 8. The Hall–Kier alpha value is -6.19. The molecule has 0 radical (unpaired) electrons. The first kappa shape index (κ1) is 26.2. The second kappa shape index (κ2) is 10.8. The fourth-order valence-corrected chi connectivity index (χ4v) is 6.53. The Kier molecular flexibility index (Phi) is 6.14. The Morgan fingerprint density at radius 2 is 0.783 bits per heavy atom. The second-order valence-corrected chi connectivity index (χ2v) is 11.7. The SMILES string of the molecule is c1ccc(-c2nc(-c3ccc4ccccc4c3)nc(-c3cc(-c4ccc5c(ccc6ccccc65)c4)cc4ccccc34)n2)cc1. The van der Waals surface area contributed by atoms with E-state index in [1.165, 1.54) is 26.9 Å². The van der Waals surface area contributed by atoms with Crippen LogP contribution in [0, 0.1) is 0 Å². The first-order valence-electron chi connectivity index (χ1n) is 15.5. The molecule has 0 fully saturated rings. The fourth-order valence-electron chi connectivity index (χ4n) is 6.53. The van der Waals surface area contributed by atoms with Gasteiger partial charge in [0, 0.05) is 16.7 Å². The minimum atomic E-state index is 0.654. The lowest BCUT2D eigenvalue weighted by Gasteiger charge is -2.13. The van der Waals surface area contributed by atoms with Gasteiger partial charge in [0.25, 0.3) is 0 Å². The largest absolute Gasteiger partial charge is 0.208 e. The molecule has 1 aromatic heterocycles. The van der Waals surface area contributed by atoms with Crippen molar-refractivity contribution in [3.8, 4) is 45.3 Å². The molecule has 214 valence electrons. The van der Waals surface area contributed by atoms with Crippen LogP contribution in [-0.2, 0) is 0 Å². The van der Waals surface area contributed by atoms with Crippen LogP contribution in [0.15, 0.2) is 164 Å². The van der Waals surface area contributed by atoms with Crippen molar-refractivity contribution >= 4 is 43.1 Å². The van der Waals surface area contributed by atoms with Crippen molar-refractivity contribution < 1.29 is 0 Å². The molecule has 8 aromatic carbocycles. The fraction of sp³-hybridized carbons (Fsp3) is 0. The summed E-state index contributed by atoms with van der Waals surface area (Å²) >= 11 is 0. The summed E-state index contributed by atoms with van der Waals surface area (Å²) in [5, 5.41) is 9.58. The molecule has 1 heterocycles. The van der Waals surface area contributed by atoms with Crippen molar-refractivity contribution in [2.45, 2.75) is 0 Å². The van der Waals surface area contributed by atoms with E-state index in [0.717, 1.165) is 44.0 Å². The molecule has 0 saturated heterocycles. The van der Waals surface area contributed by atoms with Gasteiger partial charge in [0.1, 0.15) is 0 Å². The number of nitrogens with zero attached hydrogens (tertiary/aromatic N) is 3. The molecule has 9 rings (SSSR count). The summed E-state index contributed by atoms with van der Waals surface area (Å²) < 4.78 is 0. The Morgan fingerprint density at radius 3 is 1.63 bits per heavy atom. The minimum absolute atomic E-state index is 0.654. The first-order chi connectivity index (χ1) is 22.8. The van der Waals surface area contributed by atoms with Gasteiger partial charge < -0.3 is 0 Å². The van der Waals surface area contributed by atoms with E-state index < -0.39 is 0 Å². The standard InChI is InChI=1S/C43H27N3/c1-2-12-30(13-3-1)41-44-42(35-21-18-28-10-4-5-14-31(28)25-35)46-43(45-41)40-27-36(26-33-15-7-9-17-38(33)40)32-22-23-39-34(24-32)20-19-29-11-6-8-16-37(29)39/h1-27H. The van der Waals surface area contributed by atoms with Crippen LogP contribution in [0.4, 0.5) is 0 Å². The molecule has 0 saturated carbocycles. The predicted octanol–water partition coefficient (Wildman–Crippen LogP) is 11.2. The van der Waals surface area contributed by atoms with Gasteiger partial charge in [-0.15, -0.1) is 0 Å². The Labute approximate surface area is 266 Å². The van der Waals surface area contributed by atoms with Gasteiger partial charge in [-0.25, -0.2) is 15.0 Å². The van der Waals surface area contributed by atoms with Crippen LogP contribution in [0.3, 0.4) is 0 Å². The van der Waals surface area contributed by atoms with Gasteiger partial charge in [-0.05, 0) is 78.5 Å². The molecule has 9 aromatic rings. The van der Waals surface area contributed by atoms with Gasteiger partial charge in [-0.2, -0.15) is 0 Å². The molecule has 0 aliphatic carbocycles. The normalized spacial score (nSPS) is 11.5. The molecule has 3 heteroatoms. The maximum absolute atomic E-state index is 5.15. The van der Waals surface area contributed by atoms with Crippen molar-refractivity contribution in [1.82, 2.24) is 15.0 Å². The zero-order valence-electron chi connectivity index (χ0n) is 24.9. The van der Waals surface area contributed by atoms with E-state index in [9.17, 15) is 0 Å². The van der Waals surface area contributed by atoms with Gasteiger partial charge in [0.15, 0.2) is 17.5 Å². The van der Waals surface area contributed by atoms with E-state index in [1.807, 2.05) is 18.2 Å². The Bertz CT molecular complexity index is 2590. The number of fused-ring (bicyclic) bond motifs is 5. The third-order valence-corrected chi connectivity index (χ3v) is 8.86. The number of hydrogen-bond donors (Lipinski definition) is 0. The summed E-state index contributed by atoms with van der Waals surface area (Å²) in [4.78, 5) is 15.3. The predicted molar refractivity (Wildman–Crippen MR) is 192 cm³/mol. The summed E-state index contributed by atoms with van der Waals surface area (Å²) in [5.74, 6) is 1.96. The van der Waals surface area contributed by atoms with Crippen LogP contribution in [0.2, 0.25) is 0 Å². The molecule has 0 amide bonds. The van der Waals surface area contributed by atoms with Crippen molar-refractivity contribution in [3.05, 3.63) is 164 Å².